The summed E-state index contributed by atoms with van der Waals surface area (Å²) in [5.41, 5.74) is 0.680. The van der Waals surface area contributed by atoms with Crippen LogP contribution in [-0.4, -0.2) is 30.6 Å². The highest BCUT2D eigenvalue weighted by molar-refractivity contribution is 7.97. The van der Waals surface area contributed by atoms with Gasteiger partial charge in [-0.05, 0) is 24.9 Å². The lowest BCUT2D eigenvalue weighted by Crippen LogP contribution is -2.29. The summed E-state index contributed by atoms with van der Waals surface area (Å²) in [7, 11) is 1.50. The fourth-order valence-corrected chi connectivity index (χ4v) is 2.96. The molecule has 1 amide bonds. The number of likely N-dealkylation sites (N-methyl/N-ethyl adjacent to an activating group) is 1. The zero-order chi connectivity index (χ0) is 21.4. The van der Waals surface area contributed by atoms with Gasteiger partial charge in [0.1, 0.15) is 12.3 Å². The van der Waals surface area contributed by atoms with Crippen molar-refractivity contribution >= 4 is 29.3 Å². The molecule has 0 aliphatic carbocycles. The van der Waals surface area contributed by atoms with Crippen molar-refractivity contribution < 1.29 is 22.8 Å². The molecule has 0 bridgehead atoms. The van der Waals surface area contributed by atoms with E-state index in [-0.39, 0.29) is 29.5 Å². The van der Waals surface area contributed by atoms with Crippen LogP contribution in [0.5, 0.6) is 0 Å². The van der Waals surface area contributed by atoms with Crippen LogP contribution in [0.25, 0.3) is 0 Å². The number of halogens is 3. The summed E-state index contributed by atoms with van der Waals surface area (Å²) in [6.45, 7) is 1.41. The zero-order valence-electron chi connectivity index (χ0n) is 16.1. The highest BCUT2D eigenvalue weighted by Gasteiger charge is 2.33. The lowest BCUT2D eigenvalue weighted by Gasteiger charge is -2.13. The van der Waals surface area contributed by atoms with Gasteiger partial charge < -0.3 is 10.2 Å². The Hall–Kier alpha value is -2.81. The Kier molecular flexibility index (Phi) is 7.83. The predicted molar refractivity (Wildman–Crippen MR) is 109 cm³/mol. The smallest absolute Gasteiger partial charge is 0.391 e. The van der Waals surface area contributed by atoms with E-state index in [0.717, 1.165) is 18.0 Å². The van der Waals surface area contributed by atoms with Gasteiger partial charge in [-0.15, -0.1) is 0 Å². The number of nitrogens with one attached hydrogen (secondary N) is 1. The van der Waals surface area contributed by atoms with Crippen molar-refractivity contribution in [3.05, 3.63) is 70.8 Å². The van der Waals surface area contributed by atoms with Crippen LogP contribution in [0.4, 0.5) is 13.2 Å². The van der Waals surface area contributed by atoms with Gasteiger partial charge in [-0.3, -0.25) is 4.79 Å². The average molecular weight is 423 g/mol. The maximum absolute atomic E-state index is 13.2. The van der Waals surface area contributed by atoms with Gasteiger partial charge in [0.15, 0.2) is 0 Å². The molecule has 0 aliphatic heterocycles. The molecule has 0 aliphatic rings. The van der Waals surface area contributed by atoms with Crippen LogP contribution in [-0.2, 0) is 22.4 Å². The molecule has 9 heteroatoms. The molecule has 0 atom stereocenters. The number of alkyl halides is 3. The Morgan fingerprint density at radius 3 is 2.34 bits per heavy atom. The Morgan fingerprint density at radius 2 is 1.72 bits per heavy atom. The zero-order valence-corrected chi connectivity index (χ0v) is 16.9. The molecular weight excluding hydrogens is 403 g/mol. The van der Waals surface area contributed by atoms with Crippen molar-refractivity contribution in [2.45, 2.75) is 19.7 Å². The number of rotatable bonds is 7. The Morgan fingerprint density at radius 1 is 1.10 bits per heavy atom. The molecule has 1 N–H and O–H groups in total. The van der Waals surface area contributed by atoms with Crippen LogP contribution in [0.3, 0.4) is 0 Å². The Labute approximate surface area is 171 Å². The average Bonchev–Trinajstić information content (AvgIpc) is 2.71. The fraction of sp³-hybridized carbons (Fsp3) is 0.250. The highest BCUT2D eigenvalue weighted by atomic mass is 32.2. The number of carbonyl (C=O) groups excluding carboxylic acids is 1. The predicted octanol–water partition coefficient (Wildman–Crippen LogP) is 4.46. The molecule has 0 heterocycles. The van der Waals surface area contributed by atoms with Gasteiger partial charge >= 0.3 is 6.18 Å². The molecule has 0 radical (unpaired) electrons. The first-order valence-electron chi connectivity index (χ1n) is 8.54. The van der Waals surface area contributed by atoms with Gasteiger partial charge in [0.2, 0.25) is 0 Å². The summed E-state index contributed by atoms with van der Waals surface area (Å²) in [5.74, 6) is -0.356. The molecule has 0 saturated heterocycles. The number of nitrogens with zero attached hydrogens (tertiary/aromatic N) is 2. The highest BCUT2D eigenvalue weighted by Crippen LogP contribution is 2.32. The van der Waals surface area contributed by atoms with Crippen molar-refractivity contribution in [1.29, 1.82) is 0 Å². The van der Waals surface area contributed by atoms with Crippen molar-refractivity contribution in [3.8, 4) is 0 Å². The third-order valence-electron chi connectivity index (χ3n) is 3.94. The van der Waals surface area contributed by atoms with Crippen molar-refractivity contribution in [1.82, 2.24) is 5.32 Å². The van der Waals surface area contributed by atoms with E-state index in [0.29, 0.717) is 11.1 Å². The molecule has 0 spiro atoms. The maximum atomic E-state index is 13.2. The molecule has 154 valence electrons. The van der Waals surface area contributed by atoms with E-state index < -0.39 is 11.7 Å². The summed E-state index contributed by atoms with van der Waals surface area (Å²) in [4.78, 5) is 17.4. The first kappa shape index (κ1) is 22.5. The third-order valence-corrected chi connectivity index (χ3v) is 4.31. The van der Waals surface area contributed by atoms with Crippen molar-refractivity contribution in [2.75, 3.05) is 13.3 Å². The van der Waals surface area contributed by atoms with E-state index >= 15 is 0 Å². The van der Waals surface area contributed by atoms with Crippen LogP contribution < -0.4 is 5.32 Å². The second kappa shape index (κ2) is 10.1. The van der Waals surface area contributed by atoms with E-state index in [1.54, 1.807) is 30.5 Å². The number of amides is 1. The van der Waals surface area contributed by atoms with Gasteiger partial charge in [0.25, 0.3) is 5.91 Å². The van der Waals surface area contributed by atoms with Gasteiger partial charge in [-0.25, -0.2) is 4.40 Å². The fourth-order valence-electron chi connectivity index (χ4n) is 2.59. The molecular formula is C20H20F3N3O2S. The summed E-state index contributed by atoms with van der Waals surface area (Å²) in [5, 5.41) is 6.38. The molecule has 2 aromatic carbocycles. The van der Waals surface area contributed by atoms with E-state index in [4.69, 9.17) is 4.84 Å². The third kappa shape index (κ3) is 5.83. The Bertz CT molecular complexity index is 927. The minimum atomic E-state index is -4.49. The van der Waals surface area contributed by atoms with Crippen LogP contribution in [0.1, 0.15) is 29.2 Å². The van der Waals surface area contributed by atoms with Gasteiger partial charge in [0.05, 0.1) is 11.3 Å². The molecule has 0 unspecified atom stereocenters. The minimum Gasteiger partial charge on any atom is -0.391 e. The summed E-state index contributed by atoms with van der Waals surface area (Å²) >= 11 is 1.14. The number of oxime groups is 1. The largest absolute Gasteiger partial charge is 0.417 e. The van der Waals surface area contributed by atoms with E-state index in [1.165, 1.54) is 32.2 Å². The molecule has 2 rings (SSSR count). The van der Waals surface area contributed by atoms with Gasteiger partial charge in [0, 0.05) is 30.0 Å². The first-order valence-corrected chi connectivity index (χ1v) is 9.72. The van der Waals surface area contributed by atoms with Crippen LogP contribution in [0.15, 0.2) is 58.1 Å². The lowest BCUT2D eigenvalue weighted by atomic mass is 10.0. The maximum Gasteiger partial charge on any atom is 0.417 e. The molecule has 0 aromatic heterocycles. The van der Waals surface area contributed by atoms with Gasteiger partial charge in [-0.2, -0.15) is 13.2 Å². The van der Waals surface area contributed by atoms with E-state index in [9.17, 15) is 18.0 Å². The number of carbonyl (C=O) groups is 1. The second-order valence-electron chi connectivity index (χ2n) is 5.85. The van der Waals surface area contributed by atoms with E-state index in [2.05, 4.69) is 14.9 Å². The SMILES string of the molecule is CNC(=O)/C(=N/SC)c1ccccc1CO/N=C(/C)c1ccccc1C(F)(F)F. The van der Waals surface area contributed by atoms with Crippen LogP contribution in [0.2, 0.25) is 0 Å². The number of hydrogen-bond acceptors (Lipinski definition) is 5. The Balaban J connectivity index is 2.26. The summed E-state index contributed by atoms with van der Waals surface area (Å²) < 4.78 is 43.7. The van der Waals surface area contributed by atoms with Gasteiger partial charge in [-0.1, -0.05) is 47.6 Å². The number of benzene rings is 2. The summed E-state index contributed by atoms with van der Waals surface area (Å²) in [6.07, 6.45) is -2.76. The molecule has 0 fully saturated rings. The van der Waals surface area contributed by atoms with Crippen molar-refractivity contribution in [2.24, 2.45) is 9.55 Å². The number of hydrogen-bond donors (Lipinski definition) is 1. The second-order valence-corrected chi connectivity index (χ2v) is 6.40. The summed E-state index contributed by atoms with van der Waals surface area (Å²) in [6, 6.07) is 12.1. The minimum absolute atomic E-state index is 0.0356. The topological polar surface area (TPSA) is 63.0 Å². The quantitative estimate of drug-likeness (QED) is 0.406. The molecule has 29 heavy (non-hydrogen) atoms. The first-order chi connectivity index (χ1) is 13.8. The monoisotopic (exact) mass is 423 g/mol. The van der Waals surface area contributed by atoms with Crippen LogP contribution in [0, 0.1) is 0 Å². The van der Waals surface area contributed by atoms with Crippen molar-refractivity contribution in [3.63, 3.8) is 0 Å². The molecule has 2 aromatic rings. The normalized spacial score (nSPS) is 12.6. The lowest BCUT2D eigenvalue weighted by molar-refractivity contribution is -0.137. The molecule has 5 nitrogen and oxygen atoms in total. The molecule has 0 saturated carbocycles. The standard InChI is InChI=1S/C20H20F3N3O2S/c1-13(15-9-6-7-11-17(15)20(21,22)23)25-28-12-14-8-4-5-10-16(14)18(26-29-3)19(27)24-2/h4-11H,12H2,1-3H3,(H,24,27)/b25-13-,26-18+. The van der Waals surface area contributed by atoms with E-state index in [1.807, 2.05) is 0 Å². The van der Waals surface area contributed by atoms with Crippen LogP contribution >= 0.6 is 11.9 Å².